The fourth-order valence-electron chi connectivity index (χ4n) is 2.93. The molecule has 3 aromatic rings. The summed E-state index contributed by atoms with van der Waals surface area (Å²) in [7, 11) is 0. The second kappa shape index (κ2) is 8.67. The molecule has 146 valence electrons. The van der Waals surface area contributed by atoms with Crippen LogP contribution in [0, 0.1) is 13.8 Å². The van der Waals surface area contributed by atoms with Crippen molar-refractivity contribution in [3.05, 3.63) is 73.5 Å². The summed E-state index contributed by atoms with van der Waals surface area (Å²) in [6.07, 6.45) is 0.423. The molecule has 3 rings (SSSR count). The van der Waals surface area contributed by atoms with Crippen LogP contribution in [0.5, 0.6) is 5.75 Å². The van der Waals surface area contributed by atoms with Crippen LogP contribution in [0.15, 0.2) is 41.2 Å². The molecule has 0 atom stereocenters. The van der Waals surface area contributed by atoms with Crippen LogP contribution >= 0.6 is 23.2 Å². The molecule has 7 heteroatoms. The molecular weight excluding hydrogens is 399 g/mol. The number of aromatic nitrogens is 1. The van der Waals surface area contributed by atoms with Gasteiger partial charge in [-0.25, -0.2) is 0 Å². The van der Waals surface area contributed by atoms with Crippen LogP contribution in [0.3, 0.4) is 0 Å². The molecule has 0 radical (unpaired) electrons. The number of halogens is 2. The number of hydrogen-bond acceptors (Lipinski definition) is 3. The first-order chi connectivity index (χ1) is 13.3. The standard InChI is InChI=1S/C21H20Cl2N2O3/c1-12-3-4-13(2)20-16(12)9-14(21(27)25-20)7-8-24-19(26)11-28-18-6-5-15(22)10-17(18)23/h3-6,9-10H,7-8,11H2,1-2H3,(H,24,26)(H,25,27). The second-order valence-electron chi connectivity index (χ2n) is 6.58. The number of aryl methyl sites for hydroxylation is 2. The molecule has 1 heterocycles. The van der Waals surface area contributed by atoms with E-state index < -0.39 is 0 Å². The zero-order chi connectivity index (χ0) is 20.3. The zero-order valence-electron chi connectivity index (χ0n) is 15.6. The Bertz CT molecular complexity index is 1090. The Morgan fingerprint density at radius 3 is 2.61 bits per heavy atom. The Kier molecular flexibility index (Phi) is 6.27. The number of carbonyl (C=O) groups is 1. The maximum Gasteiger partial charge on any atom is 0.257 e. The zero-order valence-corrected chi connectivity index (χ0v) is 17.1. The van der Waals surface area contributed by atoms with Crippen LogP contribution in [-0.4, -0.2) is 24.0 Å². The molecule has 2 aromatic carbocycles. The Balaban J connectivity index is 1.58. The predicted molar refractivity (Wildman–Crippen MR) is 113 cm³/mol. The van der Waals surface area contributed by atoms with Gasteiger partial charge in [-0.2, -0.15) is 0 Å². The number of pyridine rings is 1. The number of aromatic amines is 1. The number of hydrogen-bond donors (Lipinski definition) is 2. The summed E-state index contributed by atoms with van der Waals surface area (Å²) in [4.78, 5) is 27.3. The third-order valence-corrected chi connectivity index (χ3v) is 5.02. The van der Waals surface area contributed by atoms with E-state index in [9.17, 15) is 9.59 Å². The Labute approximate surface area is 172 Å². The minimum Gasteiger partial charge on any atom is -0.482 e. The van der Waals surface area contributed by atoms with Crippen molar-refractivity contribution in [3.63, 3.8) is 0 Å². The van der Waals surface area contributed by atoms with Crippen LogP contribution in [0.4, 0.5) is 0 Å². The molecule has 0 saturated carbocycles. The molecule has 1 amide bonds. The summed E-state index contributed by atoms with van der Waals surface area (Å²) in [6.45, 7) is 4.12. The first-order valence-electron chi connectivity index (χ1n) is 8.82. The highest BCUT2D eigenvalue weighted by Gasteiger charge is 2.09. The Hall–Kier alpha value is -2.50. The van der Waals surface area contributed by atoms with Crippen LogP contribution < -0.4 is 15.6 Å². The van der Waals surface area contributed by atoms with E-state index in [-0.39, 0.29) is 18.1 Å². The SMILES string of the molecule is Cc1ccc(C)c2[nH]c(=O)c(CCNC(=O)COc3ccc(Cl)cc3Cl)cc12. The number of H-pyrrole nitrogens is 1. The molecule has 28 heavy (non-hydrogen) atoms. The van der Waals surface area contributed by atoms with E-state index in [2.05, 4.69) is 10.3 Å². The van der Waals surface area contributed by atoms with Gasteiger partial charge in [0.1, 0.15) is 5.75 Å². The molecule has 2 N–H and O–H groups in total. The number of benzene rings is 2. The van der Waals surface area contributed by atoms with Crippen molar-refractivity contribution < 1.29 is 9.53 Å². The fraction of sp³-hybridized carbons (Fsp3) is 0.238. The van der Waals surface area contributed by atoms with E-state index in [4.69, 9.17) is 27.9 Å². The van der Waals surface area contributed by atoms with E-state index in [0.29, 0.717) is 34.3 Å². The van der Waals surface area contributed by atoms with Crippen molar-refractivity contribution in [2.24, 2.45) is 0 Å². The lowest BCUT2D eigenvalue weighted by atomic mass is 10.0. The average Bonchev–Trinajstić information content (AvgIpc) is 2.65. The highest BCUT2D eigenvalue weighted by Crippen LogP contribution is 2.27. The molecule has 5 nitrogen and oxygen atoms in total. The van der Waals surface area contributed by atoms with E-state index >= 15 is 0 Å². The number of amides is 1. The fourth-order valence-corrected chi connectivity index (χ4v) is 3.39. The Morgan fingerprint density at radius 2 is 1.86 bits per heavy atom. The topological polar surface area (TPSA) is 71.2 Å². The van der Waals surface area contributed by atoms with Crippen molar-refractivity contribution in [1.82, 2.24) is 10.3 Å². The van der Waals surface area contributed by atoms with Gasteiger partial charge in [-0.1, -0.05) is 35.3 Å². The van der Waals surface area contributed by atoms with Crippen LogP contribution in [0.1, 0.15) is 16.7 Å². The first-order valence-corrected chi connectivity index (χ1v) is 9.57. The van der Waals surface area contributed by atoms with Gasteiger partial charge >= 0.3 is 0 Å². The maximum atomic E-state index is 12.3. The van der Waals surface area contributed by atoms with Gasteiger partial charge in [0.25, 0.3) is 11.5 Å². The molecular formula is C21H20Cl2N2O3. The van der Waals surface area contributed by atoms with Crippen molar-refractivity contribution in [1.29, 1.82) is 0 Å². The summed E-state index contributed by atoms with van der Waals surface area (Å²) in [5.74, 6) is 0.0910. The molecule has 0 unspecified atom stereocenters. The van der Waals surface area contributed by atoms with Crippen LogP contribution in [0.2, 0.25) is 10.0 Å². The van der Waals surface area contributed by atoms with Crippen molar-refractivity contribution in [3.8, 4) is 5.75 Å². The summed E-state index contributed by atoms with van der Waals surface area (Å²) >= 11 is 11.8. The van der Waals surface area contributed by atoms with Gasteiger partial charge in [0.2, 0.25) is 0 Å². The van der Waals surface area contributed by atoms with Gasteiger partial charge in [0.05, 0.1) is 10.5 Å². The summed E-state index contributed by atoms with van der Waals surface area (Å²) in [5.41, 5.74) is 3.46. The van der Waals surface area contributed by atoms with Crippen molar-refractivity contribution in [2.45, 2.75) is 20.3 Å². The molecule has 0 bridgehead atoms. The van der Waals surface area contributed by atoms with Crippen molar-refractivity contribution >= 4 is 40.0 Å². The molecule has 0 saturated heterocycles. The lowest BCUT2D eigenvalue weighted by molar-refractivity contribution is -0.123. The molecule has 1 aromatic heterocycles. The number of rotatable bonds is 6. The quantitative estimate of drug-likeness (QED) is 0.630. The molecule has 0 aliphatic heterocycles. The number of carbonyl (C=O) groups excluding carboxylic acids is 1. The van der Waals surface area contributed by atoms with Gasteiger partial charge in [0, 0.05) is 22.5 Å². The Morgan fingerprint density at radius 1 is 1.11 bits per heavy atom. The normalized spacial score (nSPS) is 10.9. The van der Waals surface area contributed by atoms with Gasteiger partial charge in [-0.05, 0) is 55.7 Å². The monoisotopic (exact) mass is 418 g/mol. The minimum atomic E-state index is -0.296. The van der Waals surface area contributed by atoms with E-state index in [0.717, 1.165) is 22.0 Å². The first kappa shape index (κ1) is 20.2. The predicted octanol–water partition coefficient (Wildman–Crippen LogP) is 4.19. The lowest BCUT2D eigenvalue weighted by Crippen LogP contribution is -2.31. The van der Waals surface area contributed by atoms with Gasteiger partial charge < -0.3 is 15.0 Å². The van der Waals surface area contributed by atoms with Gasteiger partial charge in [-0.15, -0.1) is 0 Å². The highest BCUT2D eigenvalue weighted by molar-refractivity contribution is 6.35. The second-order valence-corrected chi connectivity index (χ2v) is 7.42. The maximum absolute atomic E-state index is 12.3. The summed E-state index contributed by atoms with van der Waals surface area (Å²) in [6, 6.07) is 10.7. The number of nitrogens with one attached hydrogen (secondary N) is 2. The lowest BCUT2D eigenvalue weighted by Gasteiger charge is -2.10. The van der Waals surface area contributed by atoms with E-state index in [1.54, 1.807) is 18.2 Å². The van der Waals surface area contributed by atoms with Gasteiger partial charge in [0.15, 0.2) is 6.61 Å². The molecule has 0 aliphatic carbocycles. The van der Waals surface area contributed by atoms with Crippen LogP contribution in [-0.2, 0) is 11.2 Å². The van der Waals surface area contributed by atoms with Crippen LogP contribution in [0.25, 0.3) is 10.9 Å². The number of ether oxygens (including phenoxy) is 1. The third kappa shape index (κ3) is 4.66. The summed E-state index contributed by atoms with van der Waals surface area (Å²) < 4.78 is 5.40. The summed E-state index contributed by atoms with van der Waals surface area (Å²) in [5, 5.41) is 4.60. The minimum absolute atomic E-state index is 0.139. The number of fused-ring (bicyclic) bond motifs is 1. The third-order valence-electron chi connectivity index (χ3n) is 4.49. The van der Waals surface area contributed by atoms with Crippen molar-refractivity contribution in [2.75, 3.05) is 13.2 Å². The average molecular weight is 419 g/mol. The smallest absolute Gasteiger partial charge is 0.257 e. The molecule has 0 spiro atoms. The van der Waals surface area contributed by atoms with E-state index in [1.807, 2.05) is 32.0 Å². The van der Waals surface area contributed by atoms with Gasteiger partial charge in [-0.3, -0.25) is 9.59 Å². The highest BCUT2D eigenvalue weighted by atomic mass is 35.5. The molecule has 0 aliphatic rings. The largest absolute Gasteiger partial charge is 0.482 e. The molecule has 0 fully saturated rings. The van der Waals surface area contributed by atoms with E-state index in [1.165, 1.54) is 0 Å².